The molecule has 1 aliphatic carbocycles. The minimum absolute atomic E-state index is 0.235. The van der Waals surface area contributed by atoms with Crippen LogP contribution in [0, 0.1) is 0 Å². The van der Waals surface area contributed by atoms with Crippen molar-refractivity contribution < 1.29 is 0 Å². The fourth-order valence-corrected chi connectivity index (χ4v) is 2.35. The highest BCUT2D eigenvalue weighted by Gasteiger charge is 2.40. The molecule has 0 bridgehead atoms. The number of rotatable bonds is 3. The second-order valence-electron chi connectivity index (χ2n) is 5.52. The summed E-state index contributed by atoms with van der Waals surface area (Å²) < 4.78 is 0. The summed E-state index contributed by atoms with van der Waals surface area (Å²) in [6.45, 7) is 7.21. The molecule has 2 heteroatoms. The van der Waals surface area contributed by atoms with Crippen LogP contribution in [0.1, 0.15) is 46.0 Å². The van der Waals surface area contributed by atoms with Crippen LogP contribution >= 0.6 is 0 Å². The molecule has 0 aromatic heterocycles. The summed E-state index contributed by atoms with van der Waals surface area (Å²) in [5, 5.41) is 0. The lowest BCUT2D eigenvalue weighted by Gasteiger charge is -2.32. The number of nitrogens with zero attached hydrogens (tertiary/aromatic N) is 1. The van der Waals surface area contributed by atoms with E-state index < -0.39 is 0 Å². The molecule has 0 atom stereocenters. The fourth-order valence-electron chi connectivity index (χ4n) is 2.35. The lowest BCUT2D eigenvalue weighted by atomic mass is 10.0. The summed E-state index contributed by atoms with van der Waals surface area (Å²) in [4.78, 5) is 2.61. The van der Waals surface area contributed by atoms with Gasteiger partial charge in [0.1, 0.15) is 0 Å². The quantitative estimate of drug-likeness (QED) is 0.720. The standard InChI is InChI=1S/C11H22N2/c1-10(2)4-3-8-13(10)9-7-11(12)5-6-11/h3-9,12H2,1-2H3. The van der Waals surface area contributed by atoms with Crippen molar-refractivity contribution in [2.24, 2.45) is 5.73 Å². The largest absolute Gasteiger partial charge is 0.325 e. The minimum atomic E-state index is 0.235. The van der Waals surface area contributed by atoms with E-state index in [4.69, 9.17) is 5.73 Å². The highest BCUT2D eigenvalue weighted by atomic mass is 15.2. The average Bonchev–Trinajstić information content (AvgIpc) is 2.66. The van der Waals surface area contributed by atoms with E-state index in [1.54, 1.807) is 0 Å². The van der Waals surface area contributed by atoms with Crippen LogP contribution < -0.4 is 5.73 Å². The summed E-state index contributed by atoms with van der Waals surface area (Å²) in [5.74, 6) is 0. The molecular weight excluding hydrogens is 160 g/mol. The van der Waals surface area contributed by atoms with E-state index in [1.165, 1.54) is 45.2 Å². The highest BCUT2D eigenvalue weighted by molar-refractivity contribution is 5.00. The maximum absolute atomic E-state index is 6.09. The number of hydrogen-bond acceptors (Lipinski definition) is 2. The average molecular weight is 182 g/mol. The van der Waals surface area contributed by atoms with Gasteiger partial charge in [-0.25, -0.2) is 0 Å². The van der Waals surface area contributed by atoms with Gasteiger partial charge in [-0.2, -0.15) is 0 Å². The molecule has 0 aromatic carbocycles. The molecule has 13 heavy (non-hydrogen) atoms. The Morgan fingerprint density at radius 2 is 1.92 bits per heavy atom. The Morgan fingerprint density at radius 3 is 2.38 bits per heavy atom. The highest BCUT2D eigenvalue weighted by Crippen LogP contribution is 2.37. The van der Waals surface area contributed by atoms with Gasteiger partial charge in [0.2, 0.25) is 0 Å². The molecule has 0 amide bonds. The Labute approximate surface area is 81.5 Å². The zero-order valence-corrected chi connectivity index (χ0v) is 8.97. The van der Waals surface area contributed by atoms with E-state index in [0.29, 0.717) is 5.54 Å². The van der Waals surface area contributed by atoms with Crippen molar-refractivity contribution in [2.75, 3.05) is 13.1 Å². The molecule has 2 rings (SSSR count). The fraction of sp³-hybridized carbons (Fsp3) is 1.00. The molecule has 1 heterocycles. The van der Waals surface area contributed by atoms with Gasteiger partial charge >= 0.3 is 0 Å². The van der Waals surface area contributed by atoms with Gasteiger partial charge in [0.25, 0.3) is 0 Å². The normalized spacial score (nSPS) is 30.7. The van der Waals surface area contributed by atoms with Crippen molar-refractivity contribution in [3.05, 3.63) is 0 Å². The van der Waals surface area contributed by atoms with E-state index >= 15 is 0 Å². The van der Waals surface area contributed by atoms with Gasteiger partial charge in [0.15, 0.2) is 0 Å². The lowest BCUT2D eigenvalue weighted by Crippen LogP contribution is -2.41. The smallest absolute Gasteiger partial charge is 0.0167 e. The molecule has 1 aliphatic heterocycles. The van der Waals surface area contributed by atoms with Crippen LogP contribution in [0.15, 0.2) is 0 Å². The van der Waals surface area contributed by atoms with Crippen LogP contribution in [-0.2, 0) is 0 Å². The molecule has 2 aliphatic rings. The monoisotopic (exact) mass is 182 g/mol. The molecule has 1 saturated heterocycles. The third kappa shape index (κ3) is 2.05. The molecular formula is C11H22N2. The first-order chi connectivity index (χ1) is 6.02. The van der Waals surface area contributed by atoms with Crippen LogP contribution in [0.3, 0.4) is 0 Å². The van der Waals surface area contributed by atoms with Crippen molar-refractivity contribution in [2.45, 2.75) is 57.0 Å². The number of hydrogen-bond donors (Lipinski definition) is 1. The zero-order valence-electron chi connectivity index (χ0n) is 8.97. The van der Waals surface area contributed by atoms with Crippen molar-refractivity contribution in [1.29, 1.82) is 0 Å². The summed E-state index contributed by atoms with van der Waals surface area (Å²) in [7, 11) is 0. The van der Waals surface area contributed by atoms with E-state index in [0.717, 1.165) is 0 Å². The van der Waals surface area contributed by atoms with E-state index in [2.05, 4.69) is 18.7 Å². The Hall–Kier alpha value is -0.0800. The van der Waals surface area contributed by atoms with Crippen LogP contribution in [0.2, 0.25) is 0 Å². The first kappa shape index (κ1) is 9.47. The Morgan fingerprint density at radius 1 is 1.23 bits per heavy atom. The molecule has 0 spiro atoms. The molecule has 2 N–H and O–H groups in total. The van der Waals surface area contributed by atoms with E-state index in [-0.39, 0.29) is 5.54 Å². The molecule has 2 nitrogen and oxygen atoms in total. The van der Waals surface area contributed by atoms with E-state index in [1.807, 2.05) is 0 Å². The Balaban J connectivity index is 1.81. The third-order valence-electron chi connectivity index (χ3n) is 3.84. The van der Waals surface area contributed by atoms with Gasteiger partial charge in [-0.05, 0) is 52.5 Å². The molecule has 0 aromatic rings. The summed E-state index contributed by atoms with van der Waals surface area (Å²) in [6, 6.07) is 0. The van der Waals surface area contributed by atoms with Crippen molar-refractivity contribution in [1.82, 2.24) is 4.90 Å². The van der Waals surface area contributed by atoms with Gasteiger partial charge in [-0.3, -0.25) is 4.90 Å². The maximum atomic E-state index is 6.09. The second-order valence-corrected chi connectivity index (χ2v) is 5.52. The van der Waals surface area contributed by atoms with Gasteiger partial charge in [-0.1, -0.05) is 0 Å². The molecule has 0 unspecified atom stereocenters. The van der Waals surface area contributed by atoms with Crippen molar-refractivity contribution in [3.8, 4) is 0 Å². The molecule has 76 valence electrons. The number of likely N-dealkylation sites (tertiary alicyclic amines) is 1. The van der Waals surface area contributed by atoms with Crippen molar-refractivity contribution >= 4 is 0 Å². The van der Waals surface area contributed by atoms with E-state index in [9.17, 15) is 0 Å². The van der Waals surface area contributed by atoms with Crippen LogP contribution in [0.4, 0.5) is 0 Å². The van der Waals surface area contributed by atoms with Gasteiger partial charge in [0, 0.05) is 17.6 Å². The summed E-state index contributed by atoms with van der Waals surface area (Å²) >= 11 is 0. The zero-order chi connectivity index (χ0) is 9.53. The predicted octanol–water partition coefficient (Wildman–Crippen LogP) is 1.74. The van der Waals surface area contributed by atoms with Crippen molar-refractivity contribution in [3.63, 3.8) is 0 Å². The summed E-state index contributed by atoms with van der Waals surface area (Å²) in [6.07, 6.45) is 6.42. The number of nitrogens with two attached hydrogens (primary N) is 1. The minimum Gasteiger partial charge on any atom is -0.325 e. The van der Waals surface area contributed by atoms with Crippen LogP contribution in [0.5, 0.6) is 0 Å². The molecule has 1 saturated carbocycles. The predicted molar refractivity (Wildman–Crippen MR) is 55.7 cm³/mol. The van der Waals surface area contributed by atoms with Gasteiger partial charge in [0.05, 0.1) is 0 Å². The maximum Gasteiger partial charge on any atom is 0.0167 e. The molecule has 2 fully saturated rings. The Bertz CT molecular complexity index is 194. The third-order valence-corrected chi connectivity index (χ3v) is 3.84. The summed E-state index contributed by atoms with van der Waals surface area (Å²) in [5.41, 5.74) is 6.76. The van der Waals surface area contributed by atoms with Gasteiger partial charge < -0.3 is 5.73 Å². The lowest BCUT2D eigenvalue weighted by molar-refractivity contribution is 0.168. The second kappa shape index (κ2) is 2.96. The SMILES string of the molecule is CC1(C)CCCN1CCC1(N)CC1. The van der Waals surface area contributed by atoms with Crippen LogP contribution in [0.25, 0.3) is 0 Å². The van der Waals surface area contributed by atoms with Crippen LogP contribution in [-0.4, -0.2) is 29.1 Å². The van der Waals surface area contributed by atoms with Gasteiger partial charge in [-0.15, -0.1) is 0 Å². The molecule has 0 radical (unpaired) electrons. The first-order valence-electron chi connectivity index (χ1n) is 5.56. The first-order valence-corrected chi connectivity index (χ1v) is 5.56. The Kier molecular flexibility index (Phi) is 2.16. The topological polar surface area (TPSA) is 29.3 Å².